The maximum atomic E-state index is 11.3. The Morgan fingerprint density at radius 2 is 1.85 bits per heavy atom. The van der Waals surface area contributed by atoms with Gasteiger partial charge in [0.25, 0.3) is 0 Å². The molecular weight excluding hydrogens is 455 g/mol. The first kappa shape index (κ1) is 26.4. The molecule has 0 bridgehead atoms. The first-order chi connectivity index (χ1) is 12.3. The number of aliphatic imine (C=N–C) groups is 1. The van der Waals surface area contributed by atoms with E-state index < -0.39 is 0 Å². The monoisotopic (exact) mass is 496 g/mol. The largest absolute Gasteiger partial charge is 0.369 e. The van der Waals surface area contributed by atoms with E-state index in [0.717, 1.165) is 64.5 Å². The topological polar surface area (TPSA) is 86.0 Å². The van der Waals surface area contributed by atoms with Crippen LogP contribution in [0.2, 0.25) is 0 Å². The number of carbonyl (C=O) groups excluding carboxylic acids is 1. The maximum Gasteiger partial charge on any atom is 0.221 e. The van der Waals surface area contributed by atoms with Crippen LogP contribution in [-0.4, -0.2) is 80.1 Å². The summed E-state index contributed by atoms with van der Waals surface area (Å²) in [5.41, 5.74) is 5.44. The molecule has 160 valence electrons. The van der Waals surface area contributed by atoms with Crippen molar-refractivity contribution in [3.63, 3.8) is 0 Å². The predicted molar refractivity (Wildman–Crippen MR) is 125 cm³/mol. The highest BCUT2D eigenvalue weighted by atomic mass is 127. The zero-order valence-corrected chi connectivity index (χ0v) is 20.2. The molecule has 8 heteroatoms. The summed E-state index contributed by atoms with van der Waals surface area (Å²) in [5, 5.41) is 6.77. The Balaban J connectivity index is 0.00000676. The third-order valence-corrected chi connectivity index (χ3v) is 5.06. The Morgan fingerprint density at radius 1 is 1.22 bits per heavy atom. The van der Waals surface area contributed by atoms with Gasteiger partial charge in [0.15, 0.2) is 5.96 Å². The van der Waals surface area contributed by atoms with Crippen molar-refractivity contribution in [2.24, 2.45) is 16.6 Å². The van der Waals surface area contributed by atoms with E-state index in [2.05, 4.69) is 53.1 Å². The molecule has 0 saturated carbocycles. The first-order valence-corrected chi connectivity index (χ1v) is 10.1. The van der Waals surface area contributed by atoms with Gasteiger partial charge < -0.3 is 21.3 Å². The number of guanidine groups is 1. The molecule has 7 nitrogen and oxygen atoms in total. The minimum atomic E-state index is -0.158. The molecule has 0 aliphatic carbocycles. The average molecular weight is 496 g/mol. The number of halogens is 1. The summed E-state index contributed by atoms with van der Waals surface area (Å²) in [5.74, 6) is 0.719. The maximum absolute atomic E-state index is 11.3. The standard InChI is InChI=1S/C19H40N6O.HI/c1-15(2)25(16(3)4)13-10-23-19(21-5)22-9-7-12-24-11-6-8-17(14-24)18(20)26;/h15-17H,6-14H2,1-5H3,(H2,20,26)(H2,21,22,23);1H. The van der Waals surface area contributed by atoms with Crippen LogP contribution >= 0.6 is 24.0 Å². The Labute approximate surface area is 182 Å². The third-order valence-electron chi connectivity index (χ3n) is 5.06. The summed E-state index contributed by atoms with van der Waals surface area (Å²) >= 11 is 0. The number of nitrogens with zero attached hydrogens (tertiary/aromatic N) is 3. The summed E-state index contributed by atoms with van der Waals surface area (Å²) in [6.45, 7) is 14.5. The van der Waals surface area contributed by atoms with Crippen LogP contribution in [0.15, 0.2) is 4.99 Å². The van der Waals surface area contributed by atoms with Crippen LogP contribution < -0.4 is 16.4 Å². The lowest BCUT2D eigenvalue weighted by molar-refractivity contribution is -0.123. The van der Waals surface area contributed by atoms with Gasteiger partial charge in [-0.05, 0) is 60.0 Å². The van der Waals surface area contributed by atoms with Crippen LogP contribution in [0.1, 0.15) is 47.0 Å². The number of nitrogens with one attached hydrogen (secondary N) is 2. The van der Waals surface area contributed by atoms with Crippen molar-refractivity contribution in [3.8, 4) is 0 Å². The van der Waals surface area contributed by atoms with Crippen molar-refractivity contribution in [1.29, 1.82) is 0 Å². The van der Waals surface area contributed by atoms with Crippen LogP contribution in [0.25, 0.3) is 0 Å². The minimum absolute atomic E-state index is 0. The van der Waals surface area contributed by atoms with Gasteiger partial charge in [0.1, 0.15) is 0 Å². The number of piperidine rings is 1. The Morgan fingerprint density at radius 3 is 2.41 bits per heavy atom. The van der Waals surface area contributed by atoms with Crippen molar-refractivity contribution in [2.45, 2.75) is 59.0 Å². The fraction of sp³-hybridized carbons (Fsp3) is 0.895. The zero-order chi connectivity index (χ0) is 19.5. The second-order valence-electron chi connectivity index (χ2n) is 7.75. The lowest BCUT2D eigenvalue weighted by Gasteiger charge is -2.31. The van der Waals surface area contributed by atoms with Crippen molar-refractivity contribution in [2.75, 3.05) is 46.3 Å². The van der Waals surface area contributed by atoms with E-state index in [9.17, 15) is 4.79 Å². The van der Waals surface area contributed by atoms with E-state index >= 15 is 0 Å². The lowest BCUT2D eigenvalue weighted by Crippen LogP contribution is -2.46. The van der Waals surface area contributed by atoms with Gasteiger partial charge in [-0.2, -0.15) is 0 Å². The molecule has 1 saturated heterocycles. The van der Waals surface area contributed by atoms with Crippen LogP contribution in [0.3, 0.4) is 0 Å². The molecule has 1 rings (SSSR count). The van der Waals surface area contributed by atoms with E-state index in [1.165, 1.54) is 0 Å². The molecule has 1 unspecified atom stereocenters. The predicted octanol–water partition coefficient (Wildman–Crippen LogP) is 1.48. The van der Waals surface area contributed by atoms with E-state index in [0.29, 0.717) is 12.1 Å². The minimum Gasteiger partial charge on any atom is -0.369 e. The number of hydrogen-bond acceptors (Lipinski definition) is 4. The van der Waals surface area contributed by atoms with E-state index in [1.807, 2.05) is 0 Å². The smallest absolute Gasteiger partial charge is 0.221 e. The number of carbonyl (C=O) groups is 1. The van der Waals surface area contributed by atoms with E-state index in [1.54, 1.807) is 7.05 Å². The molecule has 27 heavy (non-hydrogen) atoms. The molecule has 0 spiro atoms. The molecule has 1 heterocycles. The molecule has 0 aromatic heterocycles. The summed E-state index contributed by atoms with van der Waals surface area (Å²) in [7, 11) is 1.81. The average Bonchev–Trinajstić information content (AvgIpc) is 2.59. The van der Waals surface area contributed by atoms with E-state index in [4.69, 9.17) is 5.73 Å². The van der Waals surface area contributed by atoms with Gasteiger partial charge in [0.2, 0.25) is 5.91 Å². The molecule has 1 amide bonds. The van der Waals surface area contributed by atoms with Crippen molar-refractivity contribution < 1.29 is 4.79 Å². The molecular formula is C19H41IN6O. The Kier molecular flexibility index (Phi) is 14.1. The summed E-state index contributed by atoms with van der Waals surface area (Å²) in [6, 6.07) is 1.08. The van der Waals surface area contributed by atoms with Gasteiger partial charge in [-0.3, -0.25) is 14.7 Å². The van der Waals surface area contributed by atoms with E-state index in [-0.39, 0.29) is 35.8 Å². The van der Waals surface area contributed by atoms with Gasteiger partial charge in [-0.1, -0.05) is 0 Å². The number of primary amides is 1. The summed E-state index contributed by atoms with van der Waals surface area (Å²) in [4.78, 5) is 20.5. The number of hydrogen-bond donors (Lipinski definition) is 3. The fourth-order valence-electron chi connectivity index (χ4n) is 3.64. The first-order valence-electron chi connectivity index (χ1n) is 10.1. The number of nitrogens with two attached hydrogens (primary N) is 1. The van der Waals surface area contributed by atoms with Gasteiger partial charge >= 0.3 is 0 Å². The lowest BCUT2D eigenvalue weighted by atomic mass is 9.97. The molecule has 1 atom stereocenters. The SMILES string of the molecule is CN=C(NCCCN1CCCC(C(N)=O)C1)NCCN(C(C)C)C(C)C.I. The van der Waals surface area contributed by atoms with Crippen molar-refractivity contribution in [3.05, 3.63) is 0 Å². The molecule has 1 fully saturated rings. The molecule has 4 N–H and O–H groups in total. The van der Waals surface area contributed by atoms with Crippen LogP contribution in [0, 0.1) is 5.92 Å². The number of rotatable bonds is 10. The number of likely N-dealkylation sites (tertiary alicyclic amines) is 1. The highest BCUT2D eigenvalue weighted by Crippen LogP contribution is 2.15. The second-order valence-corrected chi connectivity index (χ2v) is 7.75. The highest BCUT2D eigenvalue weighted by Gasteiger charge is 2.23. The third kappa shape index (κ3) is 10.5. The molecule has 0 aromatic carbocycles. The summed E-state index contributed by atoms with van der Waals surface area (Å²) < 4.78 is 0. The molecule has 0 radical (unpaired) electrons. The number of amides is 1. The van der Waals surface area contributed by atoms with Crippen LogP contribution in [-0.2, 0) is 4.79 Å². The second kappa shape index (κ2) is 14.4. The highest BCUT2D eigenvalue weighted by molar-refractivity contribution is 14.0. The van der Waals surface area contributed by atoms with Crippen LogP contribution in [0.4, 0.5) is 0 Å². The van der Waals surface area contributed by atoms with Gasteiger partial charge in [0.05, 0.1) is 5.92 Å². The zero-order valence-electron chi connectivity index (χ0n) is 17.8. The van der Waals surface area contributed by atoms with Crippen molar-refractivity contribution in [1.82, 2.24) is 20.4 Å². The molecule has 1 aliphatic heterocycles. The Hall–Kier alpha value is -0.610. The molecule has 1 aliphatic rings. The Bertz CT molecular complexity index is 436. The fourth-order valence-corrected chi connectivity index (χ4v) is 3.64. The van der Waals surface area contributed by atoms with Crippen LogP contribution in [0.5, 0.6) is 0 Å². The summed E-state index contributed by atoms with van der Waals surface area (Å²) in [6.07, 6.45) is 3.02. The normalized spacial score (nSPS) is 18.7. The molecule has 0 aromatic rings. The van der Waals surface area contributed by atoms with Gasteiger partial charge in [-0.25, -0.2) is 0 Å². The van der Waals surface area contributed by atoms with Gasteiger partial charge in [0, 0.05) is 45.3 Å². The quantitative estimate of drug-likeness (QED) is 0.185. The van der Waals surface area contributed by atoms with Crippen molar-refractivity contribution >= 4 is 35.8 Å². The van der Waals surface area contributed by atoms with Gasteiger partial charge in [-0.15, -0.1) is 24.0 Å².